The molecule has 0 aliphatic carbocycles. The summed E-state index contributed by atoms with van der Waals surface area (Å²) in [5.41, 5.74) is 6.27. The number of nitrogens with zero attached hydrogens (tertiary/aromatic N) is 4. The Morgan fingerprint density at radius 2 is 1.82 bits per heavy atom. The lowest BCUT2D eigenvalue weighted by molar-refractivity contribution is 0.0292. The Morgan fingerprint density at radius 1 is 1.15 bits per heavy atom. The molecule has 0 bridgehead atoms. The summed E-state index contributed by atoms with van der Waals surface area (Å²) < 4.78 is 52.6. The quantitative estimate of drug-likeness (QED) is 0.483. The van der Waals surface area contributed by atoms with E-state index < -0.39 is 28.9 Å². The summed E-state index contributed by atoms with van der Waals surface area (Å²) in [4.78, 5) is 23.3. The van der Waals surface area contributed by atoms with Crippen LogP contribution in [0.1, 0.15) is 55.9 Å². The summed E-state index contributed by atoms with van der Waals surface area (Å²) in [7, 11) is 4.06. The van der Waals surface area contributed by atoms with Crippen molar-refractivity contribution in [3.8, 4) is 23.3 Å². The molecule has 4 rings (SSSR count). The Balaban J connectivity index is 1.83. The molecule has 12 heteroatoms. The number of methoxy groups -OCH3 is 3. The minimum absolute atomic E-state index is 0.129. The van der Waals surface area contributed by atoms with Crippen molar-refractivity contribution >= 4 is 17.4 Å². The van der Waals surface area contributed by atoms with Gasteiger partial charge in [0.1, 0.15) is 28.2 Å². The molecule has 39 heavy (non-hydrogen) atoms. The average Bonchev–Trinajstić information content (AvgIpc) is 3.51. The number of anilines is 1. The molecule has 0 unspecified atom stereocenters. The van der Waals surface area contributed by atoms with Crippen LogP contribution in [0.15, 0.2) is 12.3 Å². The molecule has 0 saturated carbocycles. The highest BCUT2D eigenvalue weighted by Gasteiger charge is 2.34. The first-order valence-electron chi connectivity index (χ1n) is 12.2. The molecule has 10 nitrogen and oxygen atoms in total. The Bertz CT molecular complexity index is 1440. The third-order valence-electron chi connectivity index (χ3n) is 6.16. The van der Waals surface area contributed by atoms with E-state index in [1.165, 1.54) is 14.2 Å². The average molecular weight is 544 g/mol. The summed E-state index contributed by atoms with van der Waals surface area (Å²) in [6.45, 7) is 6.44. The number of carbonyl (C=O) groups is 1. The first kappa shape index (κ1) is 27.9. The number of aromatic nitrogens is 3. The third-order valence-corrected chi connectivity index (χ3v) is 6.16. The van der Waals surface area contributed by atoms with E-state index in [-0.39, 0.29) is 35.5 Å². The van der Waals surface area contributed by atoms with Gasteiger partial charge in [0.25, 0.3) is 0 Å². The molecule has 2 N–H and O–H groups in total. The number of benzene rings is 1. The van der Waals surface area contributed by atoms with E-state index in [1.54, 1.807) is 22.6 Å². The number of carbonyl (C=O) groups excluding carboxylic acids is 1. The van der Waals surface area contributed by atoms with Crippen LogP contribution in [0.2, 0.25) is 0 Å². The number of amides is 1. The lowest BCUT2D eigenvalue weighted by Crippen LogP contribution is -2.35. The predicted molar refractivity (Wildman–Crippen MR) is 139 cm³/mol. The standard InChI is InChI=1S/C27H31F2N5O5/c1-27(2,3)39-26(35)33-10-9-15(13-33)25-32-18(23-24(30)31-12-16(14-36-4)34(23)25)8-7-17-21(28)19(37-5)11-20(38-6)22(17)29/h11-12,15H,9-10,13-14H2,1-6H3,(H2,30,31)/t15-/m0/s1. The van der Waals surface area contributed by atoms with Gasteiger partial charge in [-0.1, -0.05) is 5.92 Å². The largest absolute Gasteiger partial charge is 0.493 e. The number of imidazole rings is 1. The van der Waals surface area contributed by atoms with Crippen molar-refractivity contribution in [2.75, 3.05) is 40.2 Å². The van der Waals surface area contributed by atoms with Crippen LogP contribution < -0.4 is 15.2 Å². The van der Waals surface area contributed by atoms with Crippen LogP contribution in [-0.2, 0) is 16.1 Å². The number of nitrogen functional groups attached to an aromatic ring is 1. The van der Waals surface area contributed by atoms with Gasteiger partial charge in [-0.15, -0.1) is 0 Å². The van der Waals surface area contributed by atoms with Gasteiger partial charge in [-0.05, 0) is 33.1 Å². The van der Waals surface area contributed by atoms with Crippen LogP contribution in [0.4, 0.5) is 19.4 Å². The second-order valence-electron chi connectivity index (χ2n) is 10.0. The Morgan fingerprint density at radius 3 is 2.41 bits per heavy atom. The summed E-state index contributed by atoms with van der Waals surface area (Å²) >= 11 is 0. The van der Waals surface area contributed by atoms with Gasteiger partial charge in [0.15, 0.2) is 29.0 Å². The zero-order valence-electron chi connectivity index (χ0n) is 22.7. The number of fused-ring (bicyclic) bond motifs is 1. The van der Waals surface area contributed by atoms with E-state index in [0.29, 0.717) is 36.5 Å². The van der Waals surface area contributed by atoms with Gasteiger partial charge >= 0.3 is 6.09 Å². The molecular formula is C27H31F2N5O5. The van der Waals surface area contributed by atoms with Crippen LogP contribution in [0.5, 0.6) is 11.5 Å². The lowest BCUT2D eigenvalue weighted by atomic mass is 10.1. The van der Waals surface area contributed by atoms with Gasteiger partial charge in [-0.3, -0.25) is 4.40 Å². The first-order chi connectivity index (χ1) is 18.5. The number of nitrogens with two attached hydrogens (primary N) is 1. The van der Waals surface area contributed by atoms with Gasteiger partial charge in [-0.25, -0.2) is 23.5 Å². The summed E-state index contributed by atoms with van der Waals surface area (Å²) in [6, 6.07) is 1.11. The summed E-state index contributed by atoms with van der Waals surface area (Å²) in [6.07, 6.45) is 1.76. The molecule has 1 atom stereocenters. The van der Waals surface area contributed by atoms with Crippen molar-refractivity contribution < 1.29 is 32.5 Å². The molecule has 0 radical (unpaired) electrons. The molecular weight excluding hydrogens is 512 g/mol. The number of ether oxygens (including phenoxy) is 4. The molecule has 1 aliphatic heterocycles. The van der Waals surface area contributed by atoms with E-state index in [9.17, 15) is 13.6 Å². The van der Waals surface area contributed by atoms with E-state index in [0.717, 1.165) is 6.07 Å². The topological polar surface area (TPSA) is 113 Å². The second-order valence-corrected chi connectivity index (χ2v) is 10.0. The molecule has 1 amide bonds. The second kappa shape index (κ2) is 10.9. The summed E-state index contributed by atoms with van der Waals surface area (Å²) in [5, 5.41) is 0. The maximum absolute atomic E-state index is 14.9. The molecule has 1 saturated heterocycles. The summed E-state index contributed by atoms with van der Waals surface area (Å²) in [5.74, 6) is 3.44. The number of hydrogen-bond acceptors (Lipinski definition) is 8. The molecule has 3 heterocycles. The molecule has 1 aliphatic rings. The van der Waals surface area contributed by atoms with Crippen molar-refractivity contribution in [3.05, 3.63) is 46.7 Å². The minimum atomic E-state index is -0.970. The smallest absolute Gasteiger partial charge is 0.410 e. The lowest BCUT2D eigenvalue weighted by Gasteiger charge is -2.24. The highest BCUT2D eigenvalue weighted by atomic mass is 19.1. The fourth-order valence-electron chi connectivity index (χ4n) is 4.42. The monoisotopic (exact) mass is 543 g/mol. The normalized spacial score (nSPS) is 15.3. The SMILES string of the molecule is COCc1cnc(N)c2c(C#Cc3c(F)c(OC)cc(OC)c3F)nc([C@H]3CCN(C(=O)OC(C)(C)C)C3)n12. The number of hydrogen-bond donors (Lipinski definition) is 1. The molecule has 208 valence electrons. The van der Waals surface area contributed by atoms with Crippen LogP contribution in [-0.4, -0.2) is 65.4 Å². The fourth-order valence-corrected chi connectivity index (χ4v) is 4.42. The highest BCUT2D eigenvalue weighted by molar-refractivity contribution is 5.74. The van der Waals surface area contributed by atoms with E-state index >= 15 is 0 Å². The molecule has 1 fully saturated rings. The van der Waals surface area contributed by atoms with Crippen LogP contribution >= 0.6 is 0 Å². The first-order valence-corrected chi connectivity index (χ1v) is 12.2. The zero-order chi connectivity index (χ0) is 28.5. The van der Waals surface area contributed by atoms with Crippen molar-refractivity contribution in [1.29, 1.82) is 0 Å². The minimum Gasteiger partial charge on any atom is -0.493 e. The molecule has 0 spiro atoms. The van der Waals surface area contributed by atoms with E-state index in [2.05, 4.69) is 16.8 Å². The highest BCUT2D eigenvalue weighted by Crippen LogP contribution is 2.33. The maximum Gasteiger partial charge on any atom is 0.410 e. The molecule has 1 aromatic carbocycles. The van der Waals surface area contributed by atoms with Gasteiger partial charge < -0.3 is 29.6 Å². The van der Waals surface area contributed by atoms with Crippen LogP contribution in [0, 0.1) is 23.5 Å². The van der Waals surface area contributed by atoms with Gasteiger partial charge in [0, 0.05) is 32.2 Å². The Kier molecular flexibility index (Phi) is 7.83. The van der Waals surface area contributed by atoms with Gasteiger partial charge in [0.05, 0.1) is 32.7 Å². The van der Waals surface area contributed by atoms with Crippen molar-refractivity contribution in [2.45, 2.75) is 45.3 Å². The number of halogens is 2. The maximum atomic E-state index is 14.9. The number of rotatable bonds is 5. The van der Waals surface area contributed by atoms with Gasteiger partial charge in [-0.2, -0.15) is 0 Å². The molecule has 3 aromatic rings. The molecule has 2 aromatic heterocycles. The zero-order valence-corrected chi connectivity index (χ0v) is 22.7. The van der Waals surface area contributed by atoms with Gasteiger partial charge in [0.2, 0.25) is 0 Å². The van der Waals surface area contributed by atoms with Crippen molar-refractivity contribution in [2.24, 2.45) is 0 Å². The number of likely N-dealkylation sites (tertiary alicyclic amines) is 1. The van der Waals surface area contributed by atoms with Crippen LogP contribution in [0.3, 0.4) is 0 Å². The third kappa shape index (κ3) is 5.54. The van der Waals surface area contributed by atoms with Crippen LogP contribution in [0.25, 0.3) is 5.52 Å². The van der Waals surface area contributed by atoms with Crippen molar-refractivity contribution in [1.82, 2.24) is 19.3 Å². The Labute approximate surface area is 225 Å². The van der Waals surface area contributed by atoms with E-state index in [4.69, 9.17) is 29.7 Å². The van der Waals surface area contributed by atoms with Crippen molar-refractivity contribution in [3.63, 3.8) is 0 Å². The fraction of sp³-hybridized carbons (Fsp3) is 0.444. The van der Waals surface area contributed by atoms with E-state index in [1.807, 2.05) is 20.8 Å². The Hall–Kier alpha value is -4.11. The predicted octanol–water partition coefficient (Wildman–Crippen LogP) is 3.88.